The lowest BCUT2D eigenvalue weighted by Crippen LogP contribution is -2.06. The first-order chi connectivity index (χ1) is 32.3. The van der Waals surface area contributed by atoms with Crippen LogP contribution in [0.4, 0.5) is 0 Å². The Labute approximate surface area is 375 Å². The van der Waals surface area contributed by atoms with E-state index in [1.165, 1.54) is 32.3 Å². The van der Waals surface area contributed by atoms with Crippen molar-refractivity contribution < 1.29 is 0 Å². The van der Waals surface area contributed by atoms with Crippen molar-refractivity contribution in [1.82, 2.24) is 19.5 Å². The van der Waals surface area contributed by atoms with Crippen LogP contribution in [0.5, 0.6) is 0 Å². The fourth-order valence-corrected chi connectivity index (χ4v) is 10.1. The number of hydrogen-bond donors (Lipinski definition) is 0. The van der Waals surface area contributed by atoms with Crippen LogP contribution in [0.25, 0.3) is 127 Å². The van der Waals surface area contributed by atoms with E-state index in [0.717, 1.165) is 77.2 Å². The first-order valence-corrected chi connectivity index (χ1v) is 22.1. The summed E-state index contributed by atoms with van der Waals surface area (Å²) in [5.41, 5.74) is 10.5. The molecule has 0 bridgehead atoms. The van der Waals surface area contributed by atoms with Gasteiger partial charge < -0.3 is 4.57 Å². The van der Waals surface area contributed by atoms with E-state index in [2.05, 4.69) is 217 Å². The summed E-state index contributed by atoms with van der Waals surface area (Å²) in [6, 6.07) is 82.4. The highest BCUT2D eigenvalue weighted by Gasteiger charge is 2.29. The molecule has 302 valence electrons. The molecule has 0 saturated heterocycles. The molecule has 0 aliphatic rings. The Balaban J connectivity index is 1.24. The Morgan fingerprint density at radius 2 is 0.785 bits per heavy atom. The van der Waals surface area contributed by atoms with Gasteiger partial charge in [0, 0.05) is 44.0 Å². The van der Waals surface area contributed by atoms with E-state index >= 15 is 0 Å². The van der Waals surface area contributed by atoms with Gasteiger partial charge in [0.1, 0.15) is 0 Å². The zero-order valence-corrected chi connectivity index (χ0v) is 35.2. The van der Waals surface area contributed by atoms with Gasteiger partial charge in [-0.15, -0.1) is 0 Å². The highest BCUT2D eigenvalue weighted by atomic mass is 15.0. The molecule has 0 N–H and O–H groups in total. The molecular weight excluding hydrogens is 789 g/mol. The van der Waals surface area contributed by atoms with Gasteiger partial charge in [0.15, 0.2) is 17.5 Å². The fraction of sp³-hybridized carbons (Fsp3) is 0. The third kappa shape index (κ3) is 5.96. The van der Waals surface area contributed by atoms with Gasteiger partial charge in [-0.05, 0) is 67.0 Å². The monoisotopic (exact) mass is 826 g/mol. The normalized spacial score (nSPS) is 11.7. The molecule has 0 aliphatic carbocycles. The van der Waals surface area contributed by atoms with Crippen molar-refractivity contribution in [2.24, 2.45) is 0 Å². The average molecular weight is 827 g/mol. The zero-order chi connectivity index (χ0) is 42.8. The molecule has 2 aromatic heterocycles. The van der Waals surface area contributed by atoms with Crippen LogP contribution in [-0.4, -0.2) is 19.5 Å². The average Bonchev–Trinajstić information content (AvgIpc) is 3.70. The molecule has 0 unspecified atom stereocenters. The number of benzene rings is 11. The minimum Gasteiger partial charge on any atom is -0.308 e. The highest BCUT2D eigenvalue weighted by molar-refractivity contribution is 6.25. The van der Waals surface area contributed by atoms with Gasteiger partial charge in [-0.2, -0.15) is 0 Å². The second-order valence-corrected chi connectivity index (χ2v) is 16.7. The van der Waals surface area contributed by atoms with E-state index in [-0.39, 0.29) is 0 Å². The largest absolute Gasteiger partial charge is 0.308 e. The van der Waals surface area contributed by atoms with E-state index in [0.29, 0.717) is 17.5 Å². The van der Waals surface area contributed by atoms with Crippen LogP contribution in [0.15, 0.2) is 231 Å². The number of nitrogens with zero attached hydrogens (tertiary/aromatic N) is 4. The molecule has 13 rings (SSSR count). The summed E-state index contributed by atoms with van der Waals surface area (Å²) in [6.07, 6.45) is 0. The maximum absolute atomic E-state index is 5.55. The maximum atomic E-state index is 5.55. The van der Waals surface area contributed by atoms with Gasteiger partial charge in [0.2, 0.25) is 0 Å². The van der Waals surface area contributed by atoms with Crippen molar-refractivity contribution in [2.45, 2.75) is 0 Å². The Hall–Kier alpha value is -8.73. The lowest BCUT2D eigenvalue weighted by Gasteiger charge is -2.25. The molecule has 11 aromatic carbocycles. The Morgan fingerprint density at radius 3 is 1.49 bits per heavy atom. The Bertz CT molecular complexity index is 3980. The van der Waals surface area contributed by atoms with Crippen LogP contribution in [0, 0.1) is 0 Å². The topological polar surface area (TPSA) is 43.6 Å². The van der Waals surface area contributed by atoms with Crippen LogP contribution in [0.1, 0.15) is 0 Å². The molecule has 0 fully saturated rings. The van der Waals surface area contributed by atoms with Crippen molar-refractivity contribution in [3.8, 4) is 62.1 Å². The molecule has 0 spiro atoms. The number of rotatable bonds is 6. The van der Waals surface area contributed by atoms with Crippen molar-refractivity contribution in [1.29, 1.82) is 0 Å². The molecule has 0 atom stereocenters. The first-order valence-electron chi connectivity index (χ1n) is 22.1. The van der Waals surface area contributed by atoms with Crippen LogP contribution in [0.3, 0.4) is 0 Å². The highest BCUT2D eigenvalue weighted by Crippen LogP contribution is 2.51. The van der Waals surface area contributed by atoms with Crippen LogP contribution >= 0.6 is 0 Å². The van der Waals surface area contributed by atoms with Crippen LogP contribution in [-0.2, 0) is 0 Å². The van der Waals surface area contributed by atoms with E-state index in [1.807, 2.05) is 18.2 Å². The van der Waals surface area contributed by atoms with Gasteiger partial charge in [0.25, 0.3) is 0 Å². The summed E-state index contributed by atoms with van der Waals surface area (Å²) in [7, 11) is 0. The quantitative estimate of drug-likeness (QED) is 0.168. The van der Waals surface area contributed by atoms with Gasteiger partial charge in [-0.25, -0.2) is 15.0 Å². The molecule has 4 nitrogen and oxygen atoms in total. The van der Waals surface area contributed by atoms with Crippen molar-refractivity contribution >= 4 is 64.9 Å². The molecule has 4 heteroatoms. The lowest BCUT2D eigenvalue weighted by atomic mass is 9.84. The smallest absolute Gasteiger partial charge is 0.165 e. The summed E-state index contributed by atoms with van der Waals surface area (Å²) >= 11 is 0. The summed E-state index contributed by atoms with van der Waals surface area (Å²) in [4.78, 5) is 16.3. The maximum Gasteiger partial charge on any atom is 0.165 e. The minimum absolute atomic E-state index is 0.611. The van der Waals surface area contributed by atoms with Crippen molar-refractivity contribution in [2.75, 3.05) is 0 Å². The van der Waals surface area contributed by atoms with Gasteiger partial charge in [-0.3, -0.25) is 0 Å². The zero-order valence-electron chi connectivity index (χ0n) is 35.2. The predicted molar refractivity (Wildman–Crippen MR) is 271 cm³/mol. The molecule has 65 heavy (non-hydrogen) atoms. The van der Waals surface area contributed by atoms with Crippen LogP contribution < -0.4 is 0 Å². The molecule has 2 heterocycles. The lowest BCUT2D eigenvalue weighted by molar-refractivity contribution is 1.08. The molecule has 0 radical (unpaired) electrons. The molecule has 0 saturated carbocycles. The third-order valence-electron chi connectivity index (χ3n) is 13.0. The Kier molecular flexibility index (Phi) is 8.50. The Morgan fingerprint density at radius 1 is 0.277 bits per heavy atom. The summed E-state index contributed by atoms with van der Waals surface area (Å²) in [6.45, 7) is 0. The minimum atomic E-state index is 0.611. The van der Waals surface area contributed by atoms with Gasteiger partial charge >= 0.3 is 0 Å². The molecule has 0 amide bonds. The molecule has 13 aromatic rings. The fourth-order valence-electron chi connectivity index (χ4n) is 10.1. The number of aromatic nitrogens is 4. The SMILES string of the molecule is c1ccc(-c2nc(-c3cccc4ccccc34)nc(-c3c(-c4ccccc4)c(-c4ccccc4)c(-n4c5cc6ccccc6cc5c5c6ccccc6ccc54)c4ccccc34)n2)cc1. The molecule has 0 aliphatic heterocycles. The summed E-state index contributed by atoms with van der Waals surface area (Å²) in [5.74, 6) is 1.85. The van der Waals surface area contributed by atoms with Gasteiger partial charge in [-0.1, -0.05) is 212 Å². The second kappa shape index (κ2) is 15.0. The third-order valence-corrected chi connectivity index (χ3v) is 13.0. The van der Waals surface area contributed by atoms with Gasteiger partial charge in [0.05, 0.1) is 16.7 Å². The second-order valence-electron chi connectivity index (χ2n) is 16.7. The van der Waals surface area contributed by atoms with Crippen molar-refractivity contribution in [3.05, 3.63) is 231 Å². The van der Waals surface area contributed by atoms with E-state index < -0.39 is 0 Å². The van der Waals surface area contributed by atoms with Crippen molar-refractivity contribution in [3.63, 3.8) is 0 Å². The van der Waals surface area contributed by atoms with E-state index in [4.69, 9.17) is 15.0 Å². The number of hydrogen-bond acceptors (Lipinski definition) is 3. The predicted octanol–water partition coefficient (Wildman–Crippen LogP) is 15.9. The first kappa shape index (κ1) is 36.9. The van der Waals surface area contributed by atoms with E-state index in [1.54, 1.807) is 0 Å². The summed E-state index contributed by atoms with van der Waals surface area (Å²) < 4.78 is 2.54. The van der Waals surface area contributed by atoms with E-state index in [9.17, 15) is 0 Å². The standard InChI is InChI=1S/C61H38N4/c1-4-21-41(22-5-1)54-55(42-23-6-2-7-24-42)58(65-52-36-35-40-20-13-15-31-47(40)56(52)51-37-44-27-10-11-28-45(44)38-53(51)65)49-33-17-16-32-48(49)57(54)61-63-59(43-25-8-3-9-26-43)62-60(64-61)50-34-18-29-39-19-12-14-30-46(39)50/h1-38H. The van der Waals surface area contributed by atoms with Crippen LogP contribution in [0.2, 0.25) is 0 Å². The number of fused-ring (bicyclic) bond motifs is 8. The molecular formula is C61H38N4. The summed E-state index contributed by atoms with van der Waals surface area (Å²) in [5, 5.41) is 11.7.